The van der Waals surface area contributed by atoms with Crippen molar-refractivity contribution in [2.24, 2.45) is 5.92 Å². The van der Waals surface area contributed by atoms with Crippen LogP contribution in [0.2, 0.25) is 0 Å². The molecule has 1 aliphatic carbocycles. The molecule has 2 aromatic rings. The lowest BCUT2D eigenvalue weighted by molar-refractivity contribution is 0.124. The van der Waals surface area contributed by atoms with Gasteiger partial charge in [-0.25, -0.2) is 0 Å². The molecule has 0 radical (unpaired) electrons. The van der Waals surface area contributed by atoms with Gasteiger partial charge in [-0.15, -0.1) is 11.8 Å². The van der Waals surface area contributed by atoms with Crippen LogP contribution in [0.4, 0.5) is 5.69 Å². The summed E-state index contributed by atoms with van der Waals surface area (Å²) in [6.07, 6.45) is 6.43. The van der Waals surface area contributed by atoms with E-state index in [1.165, 1.54) is 37.0 Å². The van der Waals surface area contributed by atoms with E-state index in [1.54, 1.807) is 0 Å². The summed E-state index contributed by atoms with van der Waals surface area (Å²) in [4.78, 5) is 1.35. The Kier molecular flexibility index (Phi) is 6.83. The van der Waals surface area contributed by atoms with Crippen LogP contribution in [0.1, 0.15) is 50.7 Å². The van der Waals surface area contributed by atoms with Crippen LogP contribution in [0.5, 0.6) is 0 Å². The van der Waals surface area contributed by atoms with Crippen molar-refractivity contribution in [3.05, 3.63) is 60.2 Å². The maximum absolute atomic E-state index is 10.5. The first-order chi connectivity index (χ1) is 12.2. The molecule has 0 spiro atoms. The third-order valence-electron chi connectivity index (χ3n) is 5.00. The van der Waals surface area contributed by atoms with Crippen molar-refractivity contribution >= 4 is 17.4 Å². The second kappa shape index (κ2) is 9.30. The molecule has 3 heteroatoms. The van der Waals surface area contributed by atoms with Gasteiger partial charge >= 0.3 is 0 Å². The third kappa shape index (κ3) is 5.52. The summed E-state index contributed by atoms with van der Waals surface area (Å²) >= 11 is 2.03. The molecule has 2 unspecified atom stereocenters. The summed E-state index contributed by atoms with van der Waals surface area (Å²) < 4.78 is 0. The fourth-order valence-electron chi connectivity index (χ4n) is 3.42. The highest BCUT2D eigenvalue weighted by atomic mass is 32.2. The van der Waals surface area contributed by atoms with Crippen molar-refractivity contribution in [3.8, 4) is 0 Å². The molecule has 0 heterocycles. The van der Waals surface area contributed by atoms with Gasteiger partial charge in [0.1, 0.15) is 0 Å². The predicted octanol–water partition coefficient (Wildman–Crippen LogP) is 5.89. The largest absolute Gasteiger partial charge is 0.388 e. The van der Waals surface area contributed by atoms with E-state index in [-0.39, 0.29) is 5.92 Å². The maximum Gasteiger partial charge on any atom is 0.0832 e. The van der Waals surface area contributed by atoms with Crippen molar-refractivity contribution in [1.82, 2.24) is 0 Å². The van der Waals surface area contributed by atoms with E-state index >= 15 is 0 Å². The van der Waals surface area contributed by atoms with Crippen LogP contribution in [-0.4, -0.2) is 16.9 Å². The van der Waals surface area contributed by atoms with E-state index < -0.39 is 6.10 Å². The zero-order chi connectivity index (χ0) is 17.5. The number of aliphatic hydroxyl groups is 1. The Morgan fingerprint density at radius 1 is 1.04 bits per heavy atom. The molecule has 2 atom stereocenters. The molecule has 1 saturated carbocycles. The van der Waals surface area contributed by atoms with E-state index in [2.05, 4.69) is 36.5 Å². The first-order valence-corrected chi connectivity index (χ1v) is 10.3. The summed E-state index contributed by atoms with van der Waals surface area (Å²) in [7, 11) is 0. The predicted molar refractivity (Wildman–Crippen MR) is 108 cm³/mol. The van der Waals surface area contributed by atoms with E-state index in [1.807, 2.05) is 42.1 Å². The van der Waals surface area contributed by atoms with Crippen LogP contribution in [0, 0.1) is 5.92 Å². The Labute approximate surface area is 156 Å². The van der Waals surface area contributed by atoms with Gasteiger partial charge in [0.05, 0.1) is 6.10 Å². The molecular formula is C22H29NOS. The van der Waals surface area contributed by atoms with Gasteiger partial charge in [-0.2, -0.15) is 0 Å². The summed E-state index contributed by atoms with van der Waals surface area (Å²) in [5, 5.41) is 14.8. The van der Waals surface area contributed by atoms with Crippen molar-refractivity contribution in [3.63, 3.8) is 0 Å². The van der Waals surface area contributed by atoms with E-state index in [9.17, 15) is 5.11 Å². The fourth-order valence-corrected chi connectivity index (χ4v) is 4.73. The lowest BCUT2D eigenvalue weighted by Gasteiger charge is -2.22. The Morgan fingerprint density at radius 2 is 1.80 bits per heavy atom. The van der Waals surface area contributed by atoms with Gasteiger partial charge in [0.15, 0.2) is 0 Å². The van der Waals surface area contributed by atoms with Gasteiger partial charge in [0.2, 0.25) is 0 Å². The maximum atomic E-state index is 10.5. The van der Waals surface area contributed by atoms with Crippen molar-refractivity contribution in [2.45, 2.75) is 55.3 Å². The second-order valence-corrected chi connectivity index (χ2v) is 8.49. The number of thioether (sulfide) groups is 1. The van der Waals surface area contributed by atoms with Gasteiger partial charge in [0.25, 0.3) is 0 Å². The van der Waals surface area contributed by atoms with Crippen LogP contribution in [0.3, 0.4) is 0 Å². The molecule has 1 aliphatic rings. The Balaban J connectivity index is 1.53. The SMILES string of the molecule is CC(CNc1cccc(SC2CCCCC2)c1)C(O)c1ccccc1. The molecule has 0 bridgehead atoms. The molecule has 2 N–H and O–H groups in total. The van der Waals surface area contributed by atoms with Gasteiger partial charge < -0.3 is 10.4 Å². The van der Waals surface area contributed by atoms with Gasteiger partial charge in [0, 0.05) is 28.3 Å². The van der Waals surface area contributed by atoms with Crippen molar-refractivity contribution in [2.75, 3.05) is 11.9 Å². The number of rotatable bonds is 7. The summed E-state index contributed by atoms with van der Waals surface area (Å²) in [6.45, 7) is 2.85. The first-order valence-electron chi connectivity index (χ1n) is 9.46. The van der Waals surface area contributed by atoms with E-state index in [4.69, 9.17) is 0 Å². The minimum atomic E-state index is -0.437. The Morgan fingerprint density at radius 3 is 2.56 bits per heavy atom. The van der Waals surface area contributed by atoms with Crippen LogP contribution < -0.4 is 5.32 Å². The van der Waals surface area contributed by atoms with Crippen LogP contribution in [0.15, 0.2) is 59.5 Å². The van der Waals surface area contributed by atoms with Crippen molar-refractivity contribution < 1.29 is 5.11 Å². The monoisotopic (exact) mass is 355 g/mol. The van der Waals surface area contributed by atoms with E-state index in [0.717, 1.165) is 23.0 Å². The van der Waals surface area contributed by atoms with Gasteiger partial charge in [-0.1, -0.05) is 62.6 Å². The summed E-state index contributed by atoms with van der Waals surface area (Å²) in [5.41, 5.74) is 2.13. The molecule has 0 aromatic heterocycles. The third-order valence-corrected chi connectivity index (χ3v) is 6.33. The number of aliphatic hydroxyl groups excluding tert-OH is 1. The average molecular weight is 356 g/mol. The number of benzene rings is 2. The first kappa shape index (κ1) is 18.3. The van der Waals surface area contributed by atoms with Gasteiger partial charge in [-0.05, 0) is 36.6 Å². The topological polar surface area (TPSA) is 32.3 Å². The van der Waals surface area contributed by atoms with Crippen LogP contribution in [0.25, 0.3) is 0 Å². The zero-order valence-corrected chi connectivity index (χ0v) is 15.8. The minimum absolute atomic E-state index is 0.150. The normalized spacial score (nSPS) is 17.8. The average Bonchev–Trinajstić information content (AvgIpc) is 2.67. The molecule has 2 nitrogen and oxygen atoms in total. The Bertz CT molecular complexity index is 639. The lowest BCUT2D eigenvalue weighted by Crippen LogP contribution is -2.18. The number of hydrogen-bond donors (Lipinski definition) is 2. The molecule has 2 aromatic carbocycles. The van der Waals surface area contributed by atoms with E-state index in [0.29, 0.717) is 0 Å². The zero-order valence-electron chi connectivity index (χ0n) is 15.0. The molecule has 25 heavy (non-hydrogen) atoms. The molecule has 0 aliphatic heterocycles. The highest BCUT2D eigenvalue weighted by Gasteiger charge is 2.17. The highest BCUT2D eigenvalue weighted by molar-refractivity contribution is 8.00. The number of nitrogens with one attached hydrogen (secondary N) is 1. The molecular weight excluding hydrogens is 326 g/mol. The van der Waals surface area contributed by atoms with Crippen LogP contribution in [-0.2, 0) is 0 Å². The Hall–Kier alpha value is -1.45. The fraction of sp³-hybridized carbons (Fsp3) is 0.455. The standard InChI is InChI=1S/C22H29NOS/c1-17(22(24)18-9-4-2-5-10-18)16-23-19-11-8-14-21(15-19)25-20-12-6-3-7-13-20/h2,4-5,8-11,14-15,17,20,22-24H,3,6-7,12-13,16H2,1H3. The minimum Gasteiger partial charge on any atom is -0.388 e. The summed E-state index contributed by atoms with van der Waals surface area (Å²) in [5.74, 6) is 0.150. The number of hydrogen-bond acceptors (Lipinski definition) is 3. The van der Waals surface area contributed by atoms with Gasteiger partial charge in [-0.3, -0.25) is 0 Å². The smallest absolute Gasteiger partial charge is 0.0832 e. The highest BCUT2D eigenvalue weighted by Crippen LogP contribution is 2.34. The van der Waals surface area contributed by atoms with Crippen molar-refractivity contribution in [1.29, 1.82) is 0 Å². The second-order valence-electron chi connectivity index (χ2n) is 7.12. The van der Waals surface area contributed by atoms with Crippen LogP contribution >= 0.6 is 11.8 Å². The molecule has 134 valence electrons. The lowest BCUT2D eigenvalue weighted by atomic mass is 9.97. The number of anilines is 1. The summed E-state index contributed by atoms with van der Waals surface area (Å²) in [6, 6.07) is 18.6. The quantitative estimate of drug-likeness (QED) is 0.649. The molecule has 0 amide bonds. The molecule has 1 fully saturated rings. The molecule has 3 rings (SSSR count). The molecule has 0 saturated heterocycles.